The summed E-state index contributed by atoms with van der Waals surface area (Å²) in [5.41, 5.74) is 3.66. The fraction of sp³-hybridized carbons (Fsp3) is 0.391. The molecule has 1 heterocycles. The van der Waals surface area contributed by atoms with Gasteiger partial charge in [-0.15, -0.1) is 0 Å². The first-order valence-electron chi connectivity index (χ1n) is 10.1. The van der Waals surface area contributed by atoms with Crippen molar-refractivity contribution in [3.63, 3.8) is 0 Å². The number of ether oxygens (including phenoxy) is 1. The number of aryl methyl sites for hydroxylation is 1. The molecule has 1 aliphatic heterocycles. The second-order valence-electron chi connectivity index (χ2n) is 7.17. The molecule has 29 heavy (non-hydrogen) atoms. The minimum absolute atomic E-state index is 0.00152. The minimum atomic E-state index is -0.153. The van der Waals surface area contributed by atoms with Gasteiger partial charge in [0, 0.05) is 32.2 Å². The molecule has 0 aromatic heterocycles. The van der Waals surface area contributed by atoms with Gasteiger partial charge in [0.2, 0.25) is 11.8 Å². The van der Waals surface area contributed by atoms with Crippen molar-refractivity contribution in [3.8, 4) is 0 Å². The number of rotatable bonds is 6. The summed E-state index contributed by atoms with van der Waals surface area (Å²) in [4.78, 5) is 31.2. The number of amides is 2. The Bertz CT molecular complexity index is 862. The van der Waals surface area contributed by atoms with Gasteiger partial charge in [-0.05, 0) is 43.7 Å². The van der Waals surface area contributed by atoms with E-state index in [0.29, 0.717) is 19.8 Å². The van der Waals surface area contributed by atoms with E-state index in [2.05, 4.69) is 4.90 Å². The Balaban J connectivity index is 1.87. The highest BCUT2D eigenvalue weighted by Gasteiger charge is 2.24. The van der Waals surface area contributed by atoms with Crippen LogP contribution >= 0.6 is 0 Å². The quantitative estimate of drug-likeness (QED) is 0.754. The van der Waals surface area contributed by atoms with Crippen LogP contribution in [-0.2, 0) is 14.3 Å². The summed E-state index contributed by atoms with van der Waals surface area (Å²) in [6, 6.07) is 15.6. The lowest BCUT2D eigenvalue weighted by molar-refractivity contribution is -0.121. The van der Waals surface area contributed by atoms with Crippen LogP contribution in [0.4, 0.5) is 17.1 Å². The van der Waals surface area contributed by atoms with Crippen molar-refractivity contribution in [2.24, 2.45) is 0 Å². The monoisotopic (exact) mass is 395 g/mol. The van der Waals surface area contributed by atoms with Crippen LogP contribution in [0.5, 0.6) is 0 Å². The van der Waals surface area contributed by atoms with Gasteiger partial charge in [0.15, 0.2) is 0 Å². The molecule has 2 amide bonds. The first-order chi connectivity index (χ1) is 14.0. The SMILES string of the molecule is CCN(C(=O)CN(C(C)=O)c1ccccc1N1CCOCC1)c1cccc(C)c1. The van der Waals surface area contributed by atoms with Crippen LogP contribution in [0, 0.1) is 6.92 Å². The molecule has 1 saturated heterocycles. The normalized spacial score (nSPS) is 13.8. The summed E-state index contributed by atoms with van der Waals surface area (Å²) >= 11 is 0. The van der Waals surface area contributed by atoms with Gasteiger partial charge in [-0.25, -0.2) is 0 Å². The summed E-state index contributed by atoms with van der Waals surface area (Å²) in [6.45, 7) is 8.84. The Morgan fingerprint density at radius 1 is 1.03 bits per heavy atom. The molecule has 2 aromatic carbocycles. The van der Waals surface area contributed by atoms with Crippen LogP contribution in [0.15, 0.2) is 48.5 Å². The standard InChI is InChI=1S/C23H29N3O3/c1-4-25(20-9-7-8-18(2)16-20)23(28)17-26(19(3)27)22-11-6-5-10-21(22)24-12-14-29-15-13-24/h5-11,16H,4,12-15,17H2,1-3H3. The third kappa shape index (κ3) is 4.95. The predicted octanol–water partition coefficient (Wildman–Crippen LogP) is 3.24. The first-order valence-corrected chi connectivity index (χ1v) is 10.1. The molecule has 6 heteroatoms. The Hall–Kier alpha value is -2.86. The third-order valence-corrected chi connectivity index (χ3v) is 5.13. The molecular weight excluding hydrogens is 366 g/mol. The smallest absolute Gasteiger partial charge is 0.247 e. The first kappa shape index (κ1) is 20.9. The van der Waals surface area contributed by atoms with Crippen molar-refractivity contribution in [2.45, 2.75) is 20.8 Å². The number of morpholine rings is 1. The van der Waals surface area contributed by atoms with Crippen LogP contribution in [-0.4, -0.2) is 51.2 Å². The molecule has 2 aromatic rings. The molecular formula is C23H29N3O3. The number of likely N-dealkylation sites (N-methyl/N-ethyl adjacent to an activating group) is 1. The minimum Gasteiger partial charge on any atom is -0.378 e. The number of hydrogen-bond acceptors (Lipinski definition) is 4. The number of para-hydroxylation sites is 2. The lowest BCUT2D eigenvalue weighted by atomic mass is 10.2. The number of anilines is 3. The summed E-state index contributed by atoms with van der Waals surface area (Å²) in [7, 11) is 0. The summed E-state index contributed by atoms with van der Waals surface area (Å²) in [6.07, 6.45) is 0. The molecule has 0 bridgehead atoms. The molecule has 0 aliphatic carbocycles. The lowest BCUT2D eigenvalue weighted by Gasteiger charge is -2.34. The molecule has 3 rings (SSSR count). The van der Waals surface area contributed by atoms with E-state index in [4.69, 9.17) is 4.74 Å². The van der Waals surface area contributed by atoms with E-state index in [1.807, 2.05) is 62.4 Å². The molecule has 1 fully saturated rings. The van der Waals surface area contributed by atoms with Crippen LogP contribution in [0.25, 0.3) is 0 Å². The topological polar surface area (TPSA) is 53.1 Å². The molecule has 0 atom stereocenters. The second kappa shape index (κ2) is 9.56. The maximum absolute atomic E-state index is 13.2. The van der Waals surface area contributed by atoms with Gasteiger partial charge in [-0.3, -0.25) is 9.59 Å². The highest BCUT2D eigenvalue weighted by atomic mass is 16.5. The van der Waals surface area contributed by atoms with E-state index < -0.39 is 0 Å². The number of carbonyl (C=O) groups excluding carboxylic acids is 2. The molecule has 0 saturated carbocycles. The molecule has 0 spiro atoms. The Kier molecular flexibility index (Phi) is 6.88. The maximum atomic E-state index is 13.2. The van der Waals surface area contributed by atoms with Crippen molar-refractivity contribution >= 4 is 28.9 Å². The average molecular weight is 396 g/mol. The van der Waals surface area contributed by atoms with Crippen molar-refractivity contribution in [1.82, 2.24) is 0 Å². The van der Waals surface area contributed by atoms with Crippen molar-refractivity contribution in [1.29, 1.82) is 0 Å². The molecule has 1 aliphatic rings. The molecule has 0 unspecified atom stereocenters. The van der Waals surface area contributed by atoms with Gasteiger partial charge in [0.25, 0.3) is 0 Å². The zero-order valence-electron chi connectivity index (χ0n) is 17.4. The van der Waals surface area contributed by atoms with Crippen LogP contribution in [0.3, 0.4) is 0 Å². The Labute approximate surface area is 172 Å². The van der Waals surface area contributed by atoms with E-state index in [9.17, 15) is 9.59 Å². The van der Waals surface area contributed by atoms with E-state index in [-0.39, 0.29) is 18.4 Å². The Morgan fingerprint density at radius 3 is 2.41 bits per heavy atom. The molecule has 0 radical (unpaired) electrons. The van der Waals surface area contributed by atoms with Crippen LogP contribution in [0.2, 0.25) is 0 Å². The summed E-state index contributed by atoms with van der Waals surface area (Å²) in [5, 5.41) is 0. The maximum Gasteiger partial charge on any atom is 0.247 e. The largest absolute Gasteiger partial charge is 0.378 e. The second-order valence-corrected chi connectivity index (χ2v) is 7.17. The van der Waals surface area contributed by atoms with Gasteiger partial charge in [0.05, 0.1) is 24.6 Å². The fourth-order valence-corrected chi connectivity index (χ4v) is 3.65. The summed E-state index contributed by atoms with van der Waals surface area (Å²) in [5.74, 6) is -0.260. The number of benzene rings is 2. The zero-order valence-corrected chi connectivity index (χ0v) is 17.4. The molecule has 6 nitrogen and oxygen atoms in total. The number of carbonyl (C=O) groups is 2. The average Bonchev–Trinajstić information content (AvgIpc) is 2.73. The number of nitrogens with zero attached hydrogens (tertiary/aromatic N) is 3. The third-order valence-electron chi connectivity index (χ3n) is 5.13. The van der Waals surface area contributed by atoms with E-state index >= 15 is 0 Å². The van der Waals surface area contributed by atoms with Gasteiger partial charge in [0.1, 0.15) is 6.54 Å². The van der Waals surface area contributed by atoms with Crippen molar-refractivity contribution < 1.29 is 14.3 Å². The molecule has 0 N–H and O–H groups in total. The molecule has 154 valence electrons. The van der Waals surface area contributed by atoms with E-state index in [0.717, 1.165) is 35.7 Å². The Morgan fingerprint density at radius 2 is 1.76 bits per heavy atom. The van der Waals surface area contributed by atoms with Gasteiger partial charge >= 0.3 is 0 Å². The van der Waals surface area contributed by atoms with Crippen LogP contribution < -0.4 is 14.7 Å². The zero-order chi connectivity index (χ0) is 20.8. The highest BCUT2D eigenvalue weighted by Crippen LogP contribution is 2.30. The highest BCUT2D eigenvalue weighted by molar-refractivity contribution is 6.04. The van der Waals surface area contributed by atoms with Crippen molar-refractivity contribution in [3.05, 3.63) is 54.1 Å². The predicted molar refractivity (Wildman–Crippen MR) is 117 cm³/mol. The van der Waals surface area contributed by atoms with Gasteiger partial charge in [-0.2, -0.15) is 0 Å². The van der Waals surface area contributed by atoms with E-state index in [1.54, 1.807) is 9.80 Å². The van der Waals surface area contributed by atoms with Gasteiger partial charge < -0.3 is 19.4 Å². The summed E-state index contributed by atoms with van der Waals surface area (Å²) < 4.78 is 5.46. The van der Waals surface area contributed by atoms with Crippen molar-refractivity contribution in [2.75, 3.05) is 54.1 Å². The van der Waals surface area contributed by atoms with Gasteiger partial charge in [-0.1, -0.05) is 24.3 Å². The lowest BCUT2D eigenvalue weighted by Crippen LogP contribution is -2.44. The fourth-order valence-electron chi connectivity index (χ4n) is 3.65. The van der Waals surface area contributed by atoms with Crippen LogP contribution in [0.1, 0.15) is 19.4 Å². The number of hydrogen-bond donors (Lipinski definition) is 0. The van der Waals surface area contributed by atoms with E-state index in [1.165, 1.54) is 6.92 Å².